The molecule has 0 fully saturated rings. The Balaban J connectivity index is 2.22. The van der Waals surface area contributed by atoms with Gasteiger partial charge in [0.1, 0.15) is 6.04 Å². The summed E-state index contributed by atoms with van der Waals surface area (Å²) in [5, 5.41) is 2.92. The summed E-state index contributed by atoms with van der Waals surface area (Å²) in [5.74, 6) is -0.353. The van der Waals surface area contributed by atoms with E-state index in [1.54, 1.807) is 11.0 Å². The maximum absolute atomic E-state index is 13.4. The van der Waals surface area contributed by atoms with Crippen LogP contribution in [0.3, 0.4) is 0 Å². The molecule has 192 valence electrons. The standard InChI is InChI=1S/C27H39N3O4S/c1-7-24(27(32)28-20(2)3)29(19-23-14-9-8-10-15-23)26(31)17-12-18-30(35(6,33)34)25-16-11-13-21(4)22(25)5/h8-11,13-16,20,24H,7,12,17-19H2,1-6H3,(H,28,32)/t24-/m1/s1. The van der Waals surface area contributed by atoms with E-state index >= 15 is 0 Å². The van der Waals surface area contributed by atoms with Crippen molar-refractivity contribution >= 4 is 27.5 Å². The third kappa shape index (κ3) is 8.09. The van der Waals surface area contributed by atoms with Crippen LogP contribution in [-0.4, -0.2) is 50.0 Å². The monoisotopic (exact) mass is 501 g/mol. The number of hydrogen-bond acceptors (Lipinski definition) is 4. The Morgan fingerprint density at radius 1 is 1.00 bits per heavy atom. The minimum Gasteiger partial charge on any atom is -0.352 e. The molecule has 0 heterocycles. The van der Waals surface area contributed by atoms with Crippen LogP contribution in [-0.2, 0) is 26.2 Å². The molecule has 0 radical (unpaired) electrons. The van der Waals surface area contributed by atoms with E-state index < -0.39 is 16.1 Å². The Morgan fingerprint density at radius 2 is 1.66 bits per heavy atom. The van der Waals surface area contributed by atoms with E-state index in [9.17, 15) is 18.0 Å². The zero-order valence-corrected chi connectivity index (χ0v) is 22.6. The van der Waals surface area contributed by atoms with Gasteiger partial charge >= 0.3 is 0 Å². The Bertz CT molecular complexity index is 1100. The number of sulfonamides is 1. The molecule has 2 amide bonds. The minimum atomic E-state index is -3.53. The van der Waals surface area contributed by atoms with Gasteiger partial charge < -0.3 is 10.2 Å². The zero-order chi connectivity index (χ0) is 26.2. The number of carbonyl (C=O) groups is 2. The second-order valence-corrected chi connectivity index (χ2v) is 11.2. The zero-order valence-electron chi connectivity index (χ0n) is 21.7. The largest absolute Gasteiger partial charge is 0.352 e. The predicted octanol–water partition coefficient (Wildman–Crippen LogP) is 4.18. The molecule has 0 aliphatic heterocycles. The Morgan fingerprint density at radius 3 is 2.23 bits per heavy atom. The van der Waals surface area contributed by atoms with Gasteiger partial charge in [0.25, 0.3) is 0 Å². The van der Waals surface area contributed by atoms with Gasteiger partial charge in [-0.15, -0.1) is 0 Å². The first-order valence-electron chi connectivity index (χ1n) is 12.1. The van der Waals surface area contributed by atoms with Gasteiger partial charge in [-0.2, -0.15) is 0 Å². The summed E-state index contributed by atoms with van der Waals surface area (Å²) in [7, 11) is -3.53. The molecule has 7 nitrogen and oxygen atoms in total. The van der Waals surface area contributed by atoms with Crippen LogP contribution in [0.2, 0.25) is 0 Å². The van der Waals surface area contributed by atoms with E-state index in [2.05, 4.69) is 5.32 Å². The fourth-order valence-corrected chi connectivity index (χ4v) is 5.08. The summed E-state index contributed by atoms with van der Waals surface area (Å²) < 4.78 is 26.5. The number of hydrogen-bond donors (Lipinski definition) is 1. The van der Waals surface area contributed by atoms with E-state index in [1.807, 2.05) is 77.1 Å². The number of aryl methyl sites for hydroxylation is 1. The van der Waals surface area contributed by atoms with Crippen molar-refractivity contribution in [3.05, 3.63) is 65.2 Å². The predicted molar refractivity (Wildman–Crippen MR) is 142 cm³/mol. The van der Waals surface area contributed by atoms with Crippen molar-refractivity contribution in [1.29, 1.82) is 0 Å². The molecule has 1 N–H and O–H groups in total. The number of anilines is 1. The highest BCUT2D eigenvalue weighted by molar-refractivity contribution is 7.92. The van der Waals surface area contributed by atoms with Crippen LogP contribution in [0.5, 0.6) is 0 Å². The smallest absolute Gasteiger partial charge is 0.243 e. The molecular formula is C27H39N3O4S. The number of rotatable bonds is 12. The average Bonchev–Trinajstić information content (AvgIpc) is 2.78. The number of nitrogens with one attached hydrogen (secondary N) is 1. The molecule has 35 heavy (non-hydrogen) atoms. The minimum absolute atomic E-state index is 0.0360. The summed E-state index contributed by atoms with van der Waals surface area (Å²) >= 11 is 0. The number of benzene rings is 2. The second-order valence-electron chi connectivity index (χ2n) is 9.25. The quantitative estimate of drug-likeness (QED) is 0.473. The Labute approximate surface area is 210 Å². The van der Waals surface area contributed by atoms with Crippen molar-refractivity contribution in [2.45, 2.75) is 72.5 Å². The molecule has 0 aliphatic carbocycles. The molecule has 0 saturated heterocycles. The van der Waals surface area contributed by atoms with Crippen LogP contribution in [0.4, 0.5) is 5.69 Å². The lowest BCUT2D eigenvalue weighted by atomic mass is 10.1. The first kappa shape index (κ1) is 28.4. The van der Waals surface area contributed by atoms with E-state index in [-0.39, 0.29) is 30.8 Å². The van der Waals surface area contributed by atoms with Gasteiger partial charge in [-0.05, 0) is 63.3 Å². The fraction of sp³-hybridized carbons (Fsp3) is 0.481. The van der Waals surface area contributed by atoms with Gasteiger partial charge in [0.2, 0.25) is 21.8 Å². The molecule has 2 rings (SSSR count). The van der Waals surface area contributed by atoms with Crippen LogP contribution in [0.1, 0.15) is 56.7 Å². The van der Waals surface area contributed by atoms with Crippen LogP contribution >= 0.6 is 0 Å². The topological polar surface area (TPSA) is 86.8 Å². The summed E-state index contributed by atoms with van der Waals surface area (Å²) in [6, 6.07) is 14.5. The van der Waals surface area contributed by atoms with Gasteiger partial charge in [0.05, 0.1) is 11.9 Å². The lowest BCUT2D eigenvalue weighted by Crippen LogP contribution is -2.50. The highest BCUT2D eigenvalue weighted by Crippen LogP contribution is 2.25. The molecular weight excluding hydrogens is 462 g/mol. The third-order valence-corrected chi connectivity index (χ3v) is 7.19. The van der Waals surface area contributed by atoms with E-state index in [0.717, 1.165) is 16.7 Å². The fourth-order valence-electron chi connectivity index (χ4n) is 4.07. The molecule has 0 aliphatic rings. The molecule has 0 aromatic heterocycles. The van der Waals surface area contributed by atoms with Crippen molar-refractivity contribution in [2.75, 3.05) is 17.1 Å². The first-order chi connectivity index (χ1) is 16.5. The Hall–Kier alpha value is -2.87. The summed E-state index contributed by atoms with van der Waals surface area (Å²) in [4.78, 5) is 27.9. The van der Waals surface area contributed by atoms with Crippen molar-refractivity contribution in [3.8, 4) is 0 Å². The first-order valence-corrected chi connectivity index (χ1v) is 14.0. The van der Waals surface area contributed by atoms with Gasteiger partial charge in [0, 0.05) is 25.6 Å². The van der Waals surface area contributed by atoms with Gasteiger partial charge in [-0.25, -0.2) is 8.42 Å². The number of carbonyl (C=O) groups excluding carboxylic acids is 2. The highest BCUT2D eigenvalue weighted by atomic mass is 32.2. The van der Waals surface area contributed by atoms with Gasteiger partial charge in [0.15, 0.2) is 0 Å². The van der Waals surface area contributed by atoms with Crippen LogP contribution in [0.15, 0.2) is 48.5 Å². The maximum Gasteiger partial charge on any atom is 0.243 e. The number of amides is 2. The van der Waals surface area contributed by atoms with E-state index in [4.69, 9.17) is 0 Å². The molecule has 8 heteroatoms. The SMILES string of the molecule is CC[C@H](C(=O)NC(C)C)N(Cc1ccccc1)C(=O)CCCN(c1cccc(C)c1C)S(C)(=O)=O. The molecule has 0 unspecified atom stereocenters. The summed E-state index contributed by atoms with van der Waals surface area (Å²) in [5.41, 5.74) is 3.46. The normalized spacial score (nSPS) is 12.3. The molecule has 2 aromatic rings. The highest BCUT2D eigenvalue weighted by Gasteiger charge is 2.29. The summed E-state index contributed by atoms with van der Waals surface area (Å²) in [6.45, 7) is 10.0. The maximum atomic E-state index is 13.4. The Kier molecular flexibility index (Phi) is 10.3. The van der Waals surface area contributed by atoms with Crippen LogP contribution in [0, 0.1) is 13.8 Å². The molecule has 2 aromatic carbocycles. The molecule has 0 saturated carbocycles. The lowest BCUT2D eigenvalue weighted by Gasteiger charge is -2.31. The van der Waals surface area contributed by atoms with Crippen molar-refractivity contribution in [2.24, 2.45) is 0 Å². The molecule has 0 bridgehead atoms. The van der Waals surface area contributed by atoms with Crippen molar-refractivity contribution in [1.82, 2.24) is 10.2 Å². The summed E-state index contributed by atoms with van der Waals surface area (Å²) in [6.07, 6.45) is 2.14. The second kappa shape index (κ2) is 12.7. The molecule has 1 atom stereocenters. The third-order valence-electron chi connectivity index (χ3n) is 6.01. The van der Waals surface area contributed by atoms with E-state index in [1.165, 1.54) is 10.6 Å². The van der Waals surface area contributed by atoms with Gasteiger partial charge in [-0.1, -0.05) is 49.4 Å². The molecule has 0 spiro atoms. The average molecular weight is 502 g/mol. The van der Waals surface area contributed by atoms with Crippen molar-refractivity contribution < 1.29 is 18.0 Å². The van der Waals surface area contributed by atoms with Gasteiger partial charge in [-0.3, -0.25) is 13.9 Å². The van der Waals surface area contributed by atoms with Crippen LogP contribution < -0.4 is 9.62 Å². The van der Waals surface area contributed by atoms with Crippen molar-refractivity contribution in [3.63, 3.8) is 0 Å². The van der Waals surface area contributed by atoms with E-state index in [0.29, 0.717) is 25.1 Å². The number of nitrogens with zero attached hydrogens (tertiary/aromatic N) is 2. The van der Waals surface area contributed by atoms with Crippen LogP contribution in [0.25, 0.3) is 0 Å². The lowest BCUT2D eigenvalue weighted by molar-refractivity contribution is -0.141.